The van der Waals surface area contributed by atoms with E-state index in [0.29, 0.717) is 23.8 Å². The molecule has 22 heavy (non-hydrogen) atoms. The largest absolute Gasteiger partial charge is 0.379 e. The first-order valence-electron chi connectivity index (χ1n) is 6.84. The van der Waals surface area contributed by atoms with E-state index in [9.17, 15) is 13.2 Å². The van der Waals surface area contributed by atoms with Crippen molar-refractivity contribution in [2.75, 3.05) is 33.1 Å². The third-order valence-corrected chi connectivity index (χ3v) is 5.78. The second-order valence-electron chi connectivity index (χ2n) is 5.45. The summed E-state index contributed by atoms with van der Waals surface area (Å²) in [5, 5.41) is 3.30. The Labute approximate surface area is 135 Å². The molecule has 1 aromatic carbocycles. The highest BCUT2D eigenvalue weighted by atomic mass is 35.5. The molecule has 6 nitrogen and oxygen atoms in total. The van der Waals surface area contributed by atoms with Crippen molar-refractivity contribution < 1.29 is 17.9 Å². The lowest BCUT2D eigenvalue weighted by atomic mass is 10.1. The Hall–Kier alpha value is -1.15. The molecule has 0 aromatic heterocycles. The first kappa shape index (κ1) is 17.2. The minimum Gasteiger partial charge on any atom is -0.379 e. The molecule has 0 saturated carbocycles. The van der Waals surface area contributed by atoms with Gasteiger partial charge in [-0.25, -0.2) is 12.7 Å². The van der Waals surface area contributed by atoms with Gasteiger partial charge in [0.2, 0.25) is 10.0 Å². The number of carbonyl (C=O) groups is 1. The minimum absolute atomic E-state index is 0.0551. The maximum atomic E-state index is 12.2. The summed E-state index contributed by atoms with van der Waals surface area (Å²) in [5.41, 5.74) is 0.439. The topological polar surface area (TPSA) is 75.7 Å². The van der Waals surface area contributed by atoms with Gasteiger partial charge in [0, 0.05) is 30.6 Å². The molecule has 2 rings (SSSR count). The van der Waals surface area contributed by atoms with Gasteiger partial charge in [0.15, 0.2) is 0 Å². The van der Waals surface area contributed by atoms with E-state index in [1.54, 1.807) is 24.3 Å². The molecule has 1 saturated heterocycles. The Morgan fingerprint density at radius 2 is 2.14 bits per heavy atom. The zero-order valence-electron chi connectivity index (χ0n) is 12.5. The molecule has 1 aromatic rings. The number of hydrogen-bond donors (Lipinski definition) is 1. The summed E-state index contributed by atoms with van der Waals surface area (Å²) in [4.78, 5) is 12.2. The van der Waals surface area contributed by atoms with E-state index in [1.807, 2.05) is 0 Å². The van der Waals surface area contributed by atoms with Crippen molar-refractivity contribution in [3.8, 4) is 0 Å². The molecule has 1 heterocycles. The van der Waals surface area contributed by atoms with E-state index in [0.717, 1.165) is 0 Å². The molecule has 122 valence electrons. The molecular formula is C14H19ClN2O4S. The van der Waals surface area contributed by atoms with Gasteiger partial charge in [-0.1, -0.05) is 17.7 Å². The van der Waals surface area contributed by atoms with Crippen LogP contribution in [0.2, 0.25) is 5.02 Å². The first-order chi connectivity index (χ1) is 10.3. The molecule has 1 aliphatic rings. The van der Waals surface area contributed by atoms with Crippen molar-refractivity contribution in [2.24, 2.45) is 5.92 Å². The van der Waals surface area contributed by atoms with Crippen molar-refractivity contribution >= 4 is 27.5 Å². The maximum absolute atomic E-state index is 12.2. The number of nitrogens with zero attached hydrogens (tertiary/aromatic N) is 1. The average Bonchev–Trinajstić information content (AvgIpc) is 2.85. The van der Waals surface area contributed by atoms with Gasteiger partial charge in [-0.15, -0.1) is 0 Å². The van der Waals surface area contributed by atoms with Crippen LogP contribution in [0.3, 0.4) is 0 Å². The van der Waals surface area contributed by atoms with Crippen LogP contribution in [-0.2, 0) is 14.8 Å². The number of hydrogen-bond acceptors (Lipinski definition) is 4. The second kappa shape index (κ2) is 6.95. The summed E-state index contributed by atoms with van der Waals surface area (Å²) in [6, 6.07) is 6.27. The molecule has 1 aliphatic heterocycles. The SMILES string of the molecule is CN(C)S(=O)(=O)C[C@@H]1COC[C@@H]1NC(=O)c1cccc(Cl)c1. The van der Waals surface area contributed by atoms with Gasteiger partial charge in [0.25, 0.3) is 5.91 Å². The third kappa shape index (κ3) is 4.19. The fourth-order valence-electron chi connectivity index (χ4n) is 2.22. The zero-order chi connectivity index (χ0) is 16.3. The van der Waals surface area contributed by atoms with Crippen molar-refractivity contribution in [3.63, 3.8) is 0 Å². The van der Waals surface area contributed by atoms with Crippen LogP contribution in [0.4, 0.5) is 0 Å². The van der Waals surface area contributed by atoms with Gasteiger partial charge in [0.05, 0.1) is 25.0 Å². The molecule has 0 radical (unpaired) electrons. The van der Waals surface area contributed by atoms with Crippen LogP contribution in [0.25, 0.3) is 0 Å². The molecule has 0 aliphatic carbocycles. The number of nitrogens with one attached hydrogen (secondary N) is 1. The van der Waals surface area contributed by atoms with E-state index in [4.69, 9.17) is 16.3 Å². The quantitative estimate of drug-likeness (QED) is 0.862. The van der Waals surface area contributed by atoms with Crippen LogP contribution >= 0.6 is 11.6 Å². The van der Waals surface area contributed by atoms with E-state index in [1.165, 1.54) is 18.4 Å². The van der Waals surface area contributed by atoms with Gasteiger partial charge in [-0.2, -0.15) is 0 Å². The third-order valence-electron chi connectivity index (χ3n) is 3.58. The molecule has 1 amide bonds. The van der Waals surface area contributed by atoms with Crippen LogP contribution in [0.1, 0.15) is 10.4 Å². The van der Waals surface area contributed by atoms with E-state index < -0.39 is 10.0 Å². The average molecular weight is 347 g/mol. The van der Waals surface area contributed by atoms with Crippen LogP contribution in [0.5, 0.6) is 0 Å². The first-order valence-corrected chi connectivity index (χ1v) is 8.82. The smallest absolute Gasteiger partial charge is 0.251 e. The van der Waals surface area contributed by atoms with Gasteiger partial charge >= 0.3 is 0 Å². The van der Waals surface area contributed by atoms with E-state index in [2.05, 4.69) is 5.32 Å². The number of halogens is 1. The normalized spacial score (nSPS) is 22.0. The van der Waals surface area contributed by atoms with Gasteiger partial charge < -0.3 is 10.1 Å². The number of sulfonamides is 1. The van der Waals surface area contributed by atoms with Gasteiger partial charge in [-0.3, -0.25) is 4.79 Å². The lowest BCUT2D eigenvalue weighted by Crippen LogP contribution is -2.43. The highest BCUT2D eigenvalue weighted by Crippen LogP contribution is 2.18. The van der Waals surface area contributed by atoms with Crippen molar-refractivity contribution in [2.45, 2.75) is 6.04 Å². The van der Waals surface area contributed by atoms with E-state index >= 15 is 0 Å². The molecule has 0 spiro atoms. The highest BCUT2D eigenvalue weighted by Gasteiger charge is 2.34. The molecule has 8 heteroatoms. The number of rotatable bonds is 5. The summed E-state index contributed by atoms with van der Waals surface area (Å²) >= 11 is 5.87. The standard InChI is InChI=1S/C14H19ClN2O4S/c1-17(2)22(19,20)9-11-7-21-8-13(11)16-14(18)10-4-3-5-12(15)6-10/h3-6,11,13H,7-9H2,1-2H3,(H,16,18)/t11-,13-/m0/s1. The van der Waals surface area contributed by atoms with Crippen LogP contribution in [0.15, 0.2) is 24.3 Å². The highest BCUT2D eigenvalue weighted by molar-refractivity contribution is 7.89. The summed E-state index contributed by atoms with van der Waals surface area (Å²) in [7, 11) is -0.359. The number of amides is 1. The predicted molar refractivity (Wildman–Crippen MR) is 84.5 cm³/mol. The number of benzene rings is 1. The number of carbonyl (C=O) groups excluding carboxylic acids is 1. The Bertz CT molecular complexity index is 648. The van der Waals surface area contributed by atoms with Crippen LogP contribution in [0, 0.1) is 5.92 Å². The maximum Gasteiger partial charge on any atom is 0.251 e. The van der Waals surface area contributed by atoms with Crippen LogP contribution in [-0.4, -0.2) is 57.7 Å². The minimum atomic E-state index is -3.34. The lowest BCUT2D eigenvalue weighted by molar-refractivity contribution is 0.0926. The van der Waals surface area contributed by atoms with Crippen molar-refractivity contribution in [1.29, 1.82) is 0 Å². The van der Waals surface area contributed by atoms with Crippen LogP contribution < -0.4 is 5.32 Å². The Kier molecular flexibility index (Phi) is 5.44. The monoisotopic (exact) mass is 346 g/mol. The number of ether oxygens (including phenoxy) is 1. The van der Waals surface area contributed by atoms with Crippen molar-refractivity contribution in [1.82, 2.24) is 9.62 Å². The van der Waals surface area contributed by atoms with Gasteiger partial charge in [0.1, 0.15) is 0 Å². The Balaban J connectivity index is 2.04. The molecule has 0 bridgehead atoms. The Morgan fingerprint density at radius 3 is 2.77 bits per heavy atom. The summed E-state index contributed by atoms with van der Waals surface area (Å²) in [5.74, 6) is -0.610. The molecule has 1 fully saturated rings. The summed E-state index contributed by atoms with van der Waals surface area (Å²) in [6.45, 7) is 0.619. The fraction of sp³-hybridized carbons (Fsp3) is 0.500. The lowest BCUT2D eigenvalue weighted by Gasteiger charge is -2.21. The molecule has 2 atom stereocenters. The Morgan fingerprint density at radius 1 is 1.41 bits per heavy atom. The zero-order valence-corrected chi connectivity index (χ0v) is 14.0. The molecular weight excluding hydrogens is 328 g/mol. The summed E-state index contributed by atoms with van der Waals surface area (Å²) in [6.07, 6.45) is 0. The van der Waals surface area contributed by atoms with E-state index in [-0.39, 0.29) is 23.6 Å². The summed E-state index contributed by atoms with van der Waals surface area (Å²) < 4.78 is 30.5. The fourth-order valence-corrected chi connectivity index (χ4v) is 3.58. The van der Waals surface area contributed by atoms with Gasteiger partial charge in [-0.05, 0) is 18.2 Å². The molecule has 1 N–H and O–H groups in total. The predicted octanol–water partition coefficient (Wildman–Crippen LogP) is 0.976. The molecule has 0 unspecified atom stereocenters. The second-order valence-corrected chi connectivity index (χ2v) is 8.11. The van der Waals surface area contributed by atoms with Crippen molar-refractivity contribution in [3.05, 3.63) is 34.9 Å².